The van der Waals surface area contributed by atoms with Gasteiger partial charge in [-0.15, -0.1) is 0 Å². The largest absolute Gasteiger partial charge is 0.493 e. The number of ether oxygens (including phenoxy) is 2. The summed E-state index contributed by atoms with van der Waals surface area (Å²) in [7, 11) is 0. The molecule has 1 unspecified atom stereocenters. The highest BCUT2D eigenvalue weighted by atomic mass is 19.4. The molecule has 0 radical (unpaired) electrons. The Balaban J connectivity index is 1.36. The van der Waals surface area contributed by atoms with Crippen LogP contribution in [0.2, 0.25) is 0 Å². The molecule has 0 aromatic heterocycles. The summed E-state index contributed by atoms with van der Waals surface area (Å²) in [5.41, 5.74) is 0.665. The van der Waals surface area contributed by atoms with Gasteiger partial charge in [0.15, 0.2) is 6.23 Å². The SMILES string of the molecule is CC(C)COc1ccccc1CN1CCC2(CC1)CCN(C(=O)c1cccc3ccccc13)C2OC(=O)C(F)(F)F. The minimum Gasteiger partial charge on any atom is -0.493 e. The fourth-order valence-electron chi connectivity index (χ4n) is 5.97. The number of benzene rings is 3. The van der Waals surface area contributed by atoms with Gasteiger partial charge in [0.25, 0.3) is 5.91 Å². The van der Waals surface area contributed by atoms with Gasteiger partial charge in [0.1, 0.15) is 5.75 Å². The zero-order valence-electron chi connectivity index (χ0n) is 23.3. The third-order valence-corrected chi connectivity index (χ3v) is 8.18. The van der Waals surface area contributed by atoms with Crippen LogP contribution in [0.3, 0.4) is 0 Å². The van der Waals surface area contributed by atoms with Crippen LogP contribution < -0.4 is 4.74 Å². The van der Waals surface area contributed by atoms with Crippen molar-refractivity contribution in [1.82, 2.24) is 9.80 Å². The van der Waals surface area contributed by atoms with Gasteiger partial charge in [-0.05, 0) is 61.2 Å². The van der Waals surface area contributed by atoms with Crippen molar-refractivity contribution in [2.45, 2.75) is 52.1 Å². The van der Waals surface area contributed by atoms with E-state index in [-0.39, 0.29) is 6.54 Å². The summed E-state index contributed by atoms with van der Waals surface area (Å²) in [6.07, 6.45) is -5.00. The van der Waals surface area contributed by atoms with Crippen LogP contribution in [0.15, 0.2) is 66.7 Å². The molecule has 3 aromatic carbocycles. The number of rotatable bonds is 7. The molecule has 1 spiro atoms. The van der Waals surface area contributed by atoms with Crippen LogP contribution in [0.4, 0.5) is 13.2 Å². The molecule has 218 valence electrons. The summed E-state index contributed by atoms with van der Waals surface area (Å²) >= 11 is 0. The summed E-state index contributed by atoms with van der Waals surface area (Å²) in [6.45, 7) is 6.81. The number of carbonyl (C=O) groups excluding carboxylic acids is 2. The number of hydrogen-bond acceptors (Lipinski definition) is 5. The minimum atomic E-state index is -5.15. The predicted octanol–water partition coefficient (Wildman–Crippen LogP) is 6.43. The molecule has 2 aliphatic heterocycles. The summed E-state index contributed by atoms with van der Waals surface area (Å²) in [4.78, 5) is 29.5. The van der Waals surface area contributed by atoms with Crippen molar-refractivity contribution in [2.24, 2.45) is 11.3 Å². The third kappa shape index (κ3) is 6.20. The molecular weight excluding hydrogens is 533 g/mol. The van der Waals surface area contributed by atoms with Gasteiger partial charge in [0, 0.05) is 29.6 Å². The highest BCUT2D eigenvalue weighted by Crippen LogP contribution is 2.47. The van der Waals surface area contributed by atoms with E-state index in [0.29, 0.717) is 62.4 Å². The zero-order valence-corrected chi connectivity index (χ0v) is 23.3. The van der Waals surface area contributed by atoms with Crippen LogP contribution >= 0.6 is 0 Å². The minimum absolute atomic E-state index is 0.212. The molecule has 41 heavy (non-hydrogen) atoms. The van der Waals surface area contributed by atoms with E-state index >= 15 is 0 Å². The Hall–Kier alpha value is -3.59. The maximum atomic E-state index is 13.8. The number of halogens is 3. The summed E-state index contributed by atoms with van der Waals surface area (Å²) < 4.78 is 51.3. The van der Waals surface area contributed by atoms with E-state index in [1.807, 2.05) is 54.6 Å². The molecule has 1 amide bonds. The van der Waals surface area contributed by atoms with Crippen LogP contribution in [0, 0.1) is 11.3 Å². The monoisotopic (exact) mass is 568 g/mol. The molecule has 3 aromatic rings. The van der Waals surface area contributed by atoms with E-state index in [9.17, 15) is 22.8 Å². The first-order valence-electron chi connectivity index (χ1n) is 14.1. The van der Waals surface area contributed by atoms with E-state index < -0.39 is 29.7 Å². The van der Waals surface area contributed by atoms with Gasteiger partial charge in [-0.25, -0.2) is 4.79 Å². The quantitative estimate of drug-likeness (QED) is 0.307. The van der Waals surface area contributed by atoms with Crippen molar-refractivity contribution < 1.29 is 32.2 Å². The Morgan fingerprint density at radius 2 is 1.59 bits per heavy atom. The number of carbonyl (C=O) groups is 2. The molecule has 6 nitrogen and oxygen atoms in total. The van der Waals surface area contributed by atoms with Gasteiger partial charge >= 0.3 is 12.1 Å². The average Bonchev–Trinajstić information content (AvgIpc) is 3.29. The number of likely N-dealkylation sites (tertiary alicyclic amines) is 2. The number of esters is 1. The molecule has 0 N–H and O–H groups in total. The highest BCUT2D eigenvalue weighted by Gasteiger charge is 2.55. The van der Waals surface area contributed by atoms with Crippen LogP contribution in [-0.4, -0.2) is 60.3 Å². The third-order valence-electron chi connectivity index (χ3n) is 8.18. The molecule has 5 rings (SSSR count). The summed E-state index contributed by atoms with van der Waals surface area (Å²) in [5, 5.41) is 1.55. The molecule has 2 saturated heterocycles. The van der Waals surface area contributed by atoms with Gasteiger partial charge in [0.05, 0.1) is 6.61 Å². The van der Waals surface area contributed by atoms with Gasteiger partial charge in [-0.2, -0.15) is 13.2 Å². The molecule has 0 bridgehead atoms. The van der Waals surface area contributed by atoms with Gasteiger partial charge in [0.2, 0.25) is 0 Å². The maximum absolute atomic E-state index is 13.8. The van der Waals surface area contributed by atoms with E-state index in [4.69, 9.17) is 9.47 Å². The van der Waals surface area contributed by atoms with E-state index in [1.165, 1.54) is 4.90 Å². The van der Waals surface area contributed by atoms with Crippen LogP contribution in [0.1, 0.15) is 49.0 Å². The lowest BCUT2D eigenvalue weighted by molar-refractivity contribution is -0.217. The number of fused-ring (bicyclic) bond motifs is 1. The number of alkyl halides is 3. The normalized spacial score (nSPS) is 19.2. The predicted molar refractivity (Wildman–Crippen MR) is 149 cm³/mol. The second kappa shape index (κ2) is 11.7. The number of hydrogen-bond donors (Lipinski definition) is 0. The smallest absolute Gasteiger partial charge is 0.491 e. The molecule has 2 heterocycles. The fourth-order valence-corrected chi connectivity index (χ4v) is 5.97. The molecule has 0 saturated carbocycles. The van der Waals surface area contributed by atoms with Gasteiger partial charge < -0.3 is 14.4 Å². The highest BCUT2D eigenvalue weighted by molar-refractivity contribution is 6.07. The fraction of sp³-hybridized carbons (Fsp3) is 0.438. The number of nitrogens with zero attached hydrogens (tertiary/aromatic N) is 2. The first-order chi connectivity index (χ1) is 19.6. The molecule has 2 fully saturated rings. The topological polar surface area (TPSA) is 59.1 Å². The number of amides is 1. The second-order valence-electron chi connectivity index (χ2n) is 11.5. The zero-order chi connectivity index (χ0) is 29.2. The van der Waals surface area contributed by atoms with Crippen LogP contribution in [0.5, 0.6) is 5.75 Å². The average molecular weight is 569 g/mol. The Kier molecular flexibility index (Phi) is 8.27. The van der Waals surface area contributed by atoms with Gasteiger partial charge in [-0.3, -0.25) is 9.69 Å². The summed E-state index contributed by atoms with van der Waals surface area (Å²) in [6, 6.07) is 20.5. The van der Waals surface area contributed by atoms with Crippen LogP contribution in [-0.2, 0) is 16.1 Å². The van der Waals surface area contributed by atoms with Crippen molar-refractivity contribution in [3.8, 4) is 5.75 Å². The molecule has 0 aliphatic carbocycles. The van der Waals surface area contributed by atoms with E-state index in [2.05, 4.69) is 18.7 Å². The lowest BCUT2D eigenvalue weighted by Gasteiger charge is -2.43. The van der Waals surface area contributed by atoms with E-state index in [1.54, 1.807) is 12.1 Å². The lowest BCUT2D eigenvalue weighted by atomic mass is 9.76. The Bertz CT molecular complexity index is 1390. The van der Waals surface area contributed by atoms with Crippen molar-refractivity contribution in [2.75, 3.05) is 26.2 Å². The molecular formula is C32H35F3N2O4. The number of para-hydroxylation sites is 1. The maximum Gasteiger partial charge on any atom is 0.491 e. The molecule has 1 atom stereocenters. The van der Waals surface area contributed by atoms with Crippen molar-refractivity contribution in [3.63, 3.8) is 0 Å². The Morgan fingerprint density at radius 1 is 0.927 bits per heavy atom. The Morgan fingerprint density at radius 3 is 2.32 bits per heavy atom. The van der Waals surface area contributed by atoms with Crippen molar-refractivity contribution >= 4 is 22.6 Å². The first kappa shape index (κ1) is 28.9. The second-order valence-corrected chi connectivity index (χ2v) is 11.5. The first-order valence-corrected chi connectivity index (χ1v) is 14.1. The molecule has 9 heteroatoms. The van der Waals surface area contributed by atoms with Crippen molar-refractivity contribution in [3.05, 3.63) is 77.9 Å². The van der Waals surface area contributed by atoms with Gasteiger partial charge in [-0.1, -0.05) is 68.4 Å². The standard InChI is InChI=1S/C32H35F3N2O4/c1-22(2)21-40-27-13-6-4-9-24(27)20-36-17-14-31(15-18-36)16-19-37(29(31)41-30(39)32(33,34)35)28(38)26-12-7-10-23-8-3-5-11-25(23)26/h3-13,22,29H,14-21H2,1-2H3. The molecule has 2 aliphatic rings. The van der Waals surface area contributed by atoms with Crippen molar-refractivity contribution in [1.29, 1.82) is 0 Å². The summed E-state index contributed by atoms with van der Waals surface area (Å²) in [5.74, 6) is -1.49. The lowest BCUT2D eigenvalue weighted by Crippen LogP contribution is -2.51. The Labute approximate surface area is 238 Å². The van der Waals surface area contributed by atoms with E-state index in [0.717, 1.165) is 16.7 Å². The van der Waals surface area contributed by atoms with Crippen LogP contribution in [0.25, 0.3) is 10.8 Å². The number of piperidine rings is 1.